The van der Waals surface area contributed by atoms with E-state index in [4.69, 9.17) is 18.9 Å². The predicted molar refractivity (Wildman–Crippen MR) is 171 cm³/mol. The van der Waals surface area contributed by atoms with Crippen molar-refractivity contribution in [3.05, 3.63) is 23.3 Å². The van der Waals surface area contributed by atoms with E-state index >= 15 is 0 Å². The monoisotopic (exact) mass is 660 g/mol. The Bertz CT molecular complexity index is 1320. The zero-order valence-electron chi connectivity index (χ0n) is 28.1. The van der Waals surface area contributed by atoms with Crippen LogP contribution in [0.2, 0.25) is 0 Å². The van der Waals surface area contributed by atoms with Gasteiger partial charge < -0.3 is 34.5 Å². The van der Waals surface area contributed by atoms with Gasteiger partial charge in [-0.1, -0.05) is 27.7 Å². The van der Waals surface area contributed by atoms with Crippen molar-refractivity contribution >= 4 is 47.2 Å². The van der Waals surface area contributed by atoms with Crippen molar-refractivity contribution in [2.75, 3.05) is 23.4 Å². The number of amides is 3. The number of nitrogens with one attached hydrogen (secondary N) is 3. The Kier molecular flexibility index (Phi) is 13.8. The Morgan fingerprint density at radius 3 is 1.87 bits per heavy atom. The first-order chi connectivity index (χ1) is 22.4. The van der Waals surface area contributed by atoms with Crippen LogP contribution < -0.4 is 20.9 Å². The summed E-state index contributed by atoms with van der Waals surface area (Å²) in [7, 11) is 0. The number of anilines is 2. The van der Waals surface area contributed by atoms with Crippen molar-refractivity contribution < 1.29 is 47.7 Å². The molecule has 5 atom stereocenters. The normalized spacial score (nSPS) is 18.6. The molecule has 3 N–H and O–H groups in total. The molecule has 0 aliphatic carbocycles. The van der Waals surface area contributed by atoms with Crippen LogP contribution in [0.1, 0.15) is 90.2 Å². The smallest absolute Gasteiger partial charge is 0.323 e. The quantitative estimate of drug-likeness (QED) is 0.164. The maximum atomic E-state index is 13.1. The minimum Gasteiger partial charge on any atom is -0.462 e. The summed E-state index contributed by atoms with van der Waals surface area (Å²) >= 11 is 0. The number of carbonyl (C=O) groups is 6. The van der Waals surface area contributed by atoms with Gasteiger partial charge in [-0.25, -0.2) is 4.79 Å². The highest BCUT2D eigenvalue weighted by Gasteiger charge is 2.47. The summed E-state index contributed by atoms with van der Waals surface area (Å²) < 4.78 is 23.1. The largest absolute Gasteiger partial charge is 0.462 e. The van der Waals surface area contributed by atoms with Crippen LogP contribution in [0.25, 0.3) is 0 Å². The number of urea groups is 1. The van der Waals surface area contributed by atoms with Crippen LogP contribution in [-0.4, -0.2) is 79.5 Å². The predicted octanol–water partition coefficient (Wildman–Crippen LogP) is 3.55. The fourth-order valence-electron chi connectivity index (χ4n) is 5.39. The van der Waals surface area contributed by atoms with Gasteiger partial charge >= 0.3 is 29.9 Å². The molecule has 2 heterocycles. The number of esters is 4. The van der Waals surface area contributed by atoms with Gasteiger partial charge in [-0.05, 0) is 62.8 Å². The number of aryl methyl sites for hydroxylation is 2. The van der Waals surface area contributed by atoms with Gasteiger partial charge in [0.25, 0.3) is 5.91 Å². The zero-order valence-corrected chi connectivity index (χ0v) is 28.1. The van der Waals surface area contributed by atoms with E-state index < -0.39 is 72.9 Å². The van der Waals surface area contributed by atoms with Crippen LogP contribution in [0.15, 0.2) is 12.1 Å². The number of benzene rings is 1. The van der Waals surface area contributed by atoms with E-state index in [2.05, 4.69) is 16.0 Å². The van der Waals surface area contributed by atoms with Crippen LogP contribution in [-0.2, 0) is 42.9 Å². The van der Waals surface area contributed by atoms with Gasteiger partial charge in [-0.15, -0.1) is 0 Å². The Labute approximate surface area is 275 Å². The summed E-state index contributed by atoms with van der Waals surface area (Å²) in [6.45, 7) is 10.4. The lowest BCUT2D eigenvalue weighted by Crippen LogP contribution is -2.71. The van der Waals surface area contributed by atoms with E-state index in [1.807, 2.05) is 32.9 Å². The number of fused-ring (bicyclic) bond motifs is 2. The molecule has 1 fully saturated rings. The maximum absolute atomic E-state index is 13.1. The maximum Gasteiger partial charge on any atom is 0.323 e. The highest BCUT2D eigenvalue weighted by atomic mass is 16.6. The van der Waals surface area contributed by atoms with Crippen LogP contribution in [0.5, 0.6) is 0 Å². The number of hydrogen-bond acceptors (Lipinski definition) is 12. The molecule has 0 spiro atoms. The van der Waals surface area contributed by atoms with Crippen LogP contribution >= 0.6 is 0 Å². The fraction of sp³-hybridized carbons (Fsp3) is 0.636. The number of carbonyl (C=O) groups excluding carboxylic acids is 6. The molecule has 1 aromatic rings. The summed E-state index contributed by atoms with van der Waals surface area (Å²) in [6, 6.07) is 2.11. The lowest BCUT2D eigenvalue weighted by molar-refractivity contribution is -0.191. The minimum atomic E-state index is -1.42. The fourth-order valence-corrected chi connectivity index (χ4v) is 5.39. The van der Waals surface area contributed by atoms with Crippen LogP contribution in [0.4, 0.5) is 16.2 Å². The molecule has 2 aliphatic heterocycles. The van der Waals surface area contributed by atoms with Gasteiger partial charge in [0.15, 0.2) is 18.3 Å². The first-order valence-electron chi connectivity index (χ1n) is 16.4. The molecule has 1 saturated heterocycles. The lowest BCUT2D eigenvalue weighted by Gasteiger charge is -2.47. The molecule has 3 rings (SSSR count). The van der Waals surface area contributed by atoms with Crippen molar-refractivity contribution in [3.8, 4) is 0 Å². The second kappa shape index (κ2) is 17.5. The first kappa shape index (κ1) is 37.1. The van der Waals surface area contributed by atoms with Gasteiger partial charge in [0.05, 0.1) is 17.9 Å². The molecule has 1 aromatic carbocycles. The Morgan fingerprint density at radius 2 is 1.28 bits per heavy atom. The summed E-state index contributed by atoms with van der Waals surface area (Å²) in [5.41, 5.74) is 3.05. The summed E-state index contributed by atoms with van der Waals surface area (Å²) in [6.07, 6.45) is -2.85. The molecule has 0 bridgehead atoms. The topological polar surface area (TPSA) is 179 Å². The van der Waals surface area contributed by atoms with Gasteiger partial charge in [0, 0.05) is 25.7 Å². The average Bonchev–Trinajstić information content (AvgIpc) is 2.99. The van der Waals surface area contributed by atoms with Crippen molar-refractivity contribution in [1.82, 2.24) is 10.6 Å². The van der Waals surface area contributed by atoms with E-state index in [0.29, 0.717) is 37.1 Å². The van der Waals surface area contributed by atoms with E-state index in [1.54, 1.807) is 25.7 Å². The van der Waals surface area contributed by atoms with Crippen molar-refractivity contribution in [2.24, 2.45) is 0 Å². The van der Waals surface area contributed by atoms with Crippen molar-refractivity contribution in [2.45, 2.75) is 123 Å². The highest BCUT2D eigenvalue weighted by Crippen LogP contribution is 2.37. The molecule has 14 nitrogen and oxygen atoms in total. The average molecular weight is 661 g/mol. The van der Waals surface area contributed by atoms with E-state index in [1.165, 1.54) is 0 Å². The van der Waals surface area contributed by atoms with Gasteiger partial charge in [0.1, 0.15) is 18.8 Å². The second-order valence-corrected chi connectivity index (χ2v) is 11.8. The SMILES string of the molecule is CCCC(=O)OCC(OC(=O)CCC)C(OC(=O)CCC)C(CN1c2cc(C)c(C)cc2NC2C(=O)NC(=O)NC21)OC(=O)CCC. The summed E-state index contributed by atoms with van der Waals surface area (Å²) in [5.74, 6) is -2.96. The van der Waals surface area contributed by atoms with E-state index in [0.717, 1.165) is 11.1 Å². The van der Waals surface area contributed by atoms with Gasteiger partial charge in [0.2, 0.25) is 0 Å². The second-order valence-electron chi connectivity index (χ2n) is 11.8. The molecule has 5 unspecified atom stereocenters. The first-order valence-corrected chi connectivity index (χ1v) is 16.4. The highest BCUT2D eigenvalue weighted by molar-refractivity contribution is 6.03. The zero-order chi connectivity index (χ0) is 34.7. The molecule has 47 heavy (non-hydrogen) atoms. The standard InChI is InChI=1S/C33H48N4O10/c1-7-11-25(38)44-18-24(46-27(40)13-9-3)30(47-28(41)14-10-4)23(45-26(39)12-8-2)17-37-22-16-20(6)19(5)15-21(22)34-29-31(37)35-33(43)36-32(29)42/h15-16,23-24,29-31,34H,7-14,17-18H2,1-6H3,(H2,35,36,42,43). The number of nitrogens with zero attached hydrogens (tertiary/aromatic N) is 1. The van der Waals surface area contributed by atoms with Crippen LogP contribution in [0, 0.1) is 13.8 Å². The molecule has 260 valence electrons. The minimum absolute atomic E-state index is 0.0211. The lowest BCUT2D eigenvalue weighted by atomic mass is 9.98. The summed E-state index contributed by atoms with van der Waals surface area (Å²) in [4.78, 5) is 78.7. The van der Waals surface area contributed by atoms with Gasteiger partial charge in [-0.3, -0.25) is 29.3 Å². The third-order valence-electron chi connectivity index (χ3n) is 7.85. The third kappa shape index (κ3) is 10.1. The molecule has 3 amide bonds. The molecular formula is C33H48N4O10. The Balaban J connectivity index is 2.16. The van der Waals surface area contributed by atoms with Gasteiger partial charge in [-0.2, -0.15) is 0 Å². The molecule has 2 aliphatic rings. The number of hydrogen-bond donors (Lipinski definition) is 3. The van der Waals surface area contributed by atoms with Crippen molar-refractivity contribution in [1.29, 1.82) is 0 Å². The molecule has 14 heteroatoms. The molecule has 0 aromatic heterocycles. The van der Waals surface area contributed by atoms with Crippen molar-refractivity contribution in [3.63, 3.8) is 0 Å². The number of rotatable bonds is 17. The van der Waals surface area contributed by atoms with Crippen LogP contribution in [0.3, 0.4) is 0 Å². The summed E-state index contributed by atoms with van der Waals surface area (Å²) in [5, 5.41) is 8.25. The molecule has 0 radical (unpaired) electrons. The molecular weight excluding hydrogens is 612 g/mol. The number of ether oxygens (including phenoxy) is 4. The van der Waals surface area contributed by atoms with E-state index in [-0.39, 0.29) is 32.2 Å². The Hall–Kier alpha value is -4.36. The molecule has 0 saturated carbocycles. The third-order valence-corrected chi connectivity index (χ3v) is 7.85. The number of imide groups is 1. The Morgan fingerprint density at radius 1 is 0.745 bits per heavy atom. The van der Waals surface area contributed by atoms with E-state index in [9.17, 15) is 28.8 Å².